The molecule has 0 aromatic heterocycles. The van der Waals surface area contributed by atoms with Crippen LogP contribution in [0.5, 0.6) is 0 Å². The van der Waals surface area contributed by atoms with Crippen molar-refractivity contribution in [3.63, 3.8) is 0 Å². The molecule has 0 spiro atoms. The number of nitrogens with zero attached hydrogens (tertiary/aromatic N) is 1. The molecule has 1 saturated heterocycles. The molecule has 1 aliphatic heterocycles. The summed E-state index contributed by atoms with van der Waals surface area (Å²) >= 11 is 0. The third-order valence-corrected chi connectivity index (χ3v) is 10.8. The first-order chi connectivity index (χ1) is 26.7. The molecular formula is C42H79NO12P+. The molecule has 0 bridgehead atoms. The highest BCUT2D eigenvalue weighted by molar-refractivity contribution is 7.47. The molecule has 0 aromatic rings. The minimum Gasteiger partial charge on any atom is -0.462 e. The third kappa shape index (κ3) is 28.7. The molecule has 1 aliphatic rings. The lowest BCUT2D eigenvalue weighted by molar-refractivity contribution is -0.870. The maximum Gasteiger partial charge on any atom is 0.472 e. The van der Waals surface area contributed by atoms with Gasteiger partial charge in [-0.05, 0) is 32.1 Å². The fourth-order valence-electron chi connectivity index (χ4n) is 6.29. The lowest BCUT2D eigenvalue weighted by atomic mass is 9.87. The number of allylic oxidation sites excluding steroid dienone is 2. The summed E-state index contributed by atoms with van der Waals surface area (Å²) in [5.41, 5.74) is 0. The van der Waals surface area contributed by atoms with Gasteiger partial charge in [0, 0.05) is 25.2 Å². The Hall–Kier alpha value is -1.67. The average molecular weight is 821 g/mol. The van der Waals surface area contributed by atoms with Gasteiger partial charge in [-0.3, -0.25) is 18.6 Å². The Morgan fingerprint density at radius 1 is 0.821 bits per heavy atom. The normalized spacial score (nSPS) is 21.3. The van der Waals surface area contributed by atoms with Crippen LogP contribution in [0, 0.1) is 5.92 Å². The predicted octanol–water partition coefficient (Wildman–Crippen LogP) is 7.68. The van der Waals surface area contributed by atoms with Crippen molar-refractivity contribution in [3.8, 4) is 0 Å². The molecular weight excluding hydrogens is 741 g/mol. The van der Waals surface area contributed by atoms with Crippen molar-refractivity contribution >= 4 is 19.8 Å². The molecule has 13 nitrogen and oxygen atoms in total. The summed E-state index contributed by atoms with van der Waals surface area (Å²) in [6.45, 7) is 3.98. The Morgan fingerprint density at radius 2 is 1.43 bits per heavy atom. The Morgan fingerprint density at radius 3 is 2.07 bits per heavy atom. The lowest BCUT2D eigenvalue weighted by Crippen LogP contribution is -2.43. The van der Waals surface area contributed by atoms with E-state index in [9.17, 15) is 34.4 Å². The van der Waals surface area contributed by atoms with Crippen LogP contribution in [0.25, 0.3) is 0 Å². The first kappa shape index (κ1) is 52.3. The topological polar surface area (TPSA) is 178 Å². The van der Waals surface area contributed by atoms with Crippen molar-refractivity contribution in [2.24, 2.45) is 5.92 Å². The fraction of sp³-hybridized carbons (Fsp3) is 0.857. The average Bonchev–Trinajstić information content (AvgIpc) is 3.12. The number of phosphoric acid groups is 1. The third-order valence-electron chi connectivity index (χ3n) is 9.78. The SMILES string of the molecule is CCCCCCCCCCCCCC(=O)OC[C@H](COP(=O)(O)OCC[N+](C)(C)C)OC(=O)CCC/C=C\C[C@H]1[C@@H](O)CC(O)O[C@@H]1/C=C/[C@@H](O)CCCCC. The van der Waals surface area contributed by atoms with Gasteiger partial charge in [0.25, 0.3) is 0 Å². The zero-order valence-corrected chi connectivity index (χ0v) is 36.3. The molecule has 0 radical (unpaired) electrons. The van der Waals surface area contributed by atoms with Crippen LogP contribution in [0.3, 0.4) is 0 Å². The quantitative estimate of drug-likeness (QED) is 0.0164. The van der Waals surface area contributed by atoms with Crippen molar-refractivity contribution in [2.45, 2.75) is 179 Å². The molecule has 0 aromatic carbocycles. The number of aliphatic hydroxyl groups is 3. The van der Waals surface area contributed by atoms with E-state index in [-0.39, 0.29) is 38.4 Å². The van der Waals surface area contributed by atoms with Gasteiger partial charge < -0.3 is 38.9 Å². The molecule has 0 amide bonds. The highest BCUT2D eigenvalue weighted by atomic mass is 31.2. The van der Waals surface area contributed by atoms with E-state index in [2.05, 4.69) is 13.8 Å². The number of hydrogen-bond donors (Lipinski definition) is 4. The smallest absolute Gasteiger partial charge is 0.462 e. The molecule has 7 atom stereocenters. The molecule has 1 rings (SSSR count). The Balaban J connectivity index is 2.58. The standard InChI is InChI=1S/C42H78NO12P/c1-6-8-10-11-12-13-14-15-16-17-22-26-40(46)51-33-36(34-53-56(49,50)52-31-30-43(3,4)5)54-41(47)27-23-19-18-21-25-37-38(45)32-42(48)55-39(37)29-28-35(44)24-20-9-7-2/h18,21,28-29,35-39,42,44-45,48H,6-17,19-20,22-27,30-34H2,1-5H3/p+1/b21-18-,29-28+/t35-,36+,37-,38-,39+,42?/m0/s1. The zero-order chi connectivity index (χ0) is 41.7. The van der Waals surface area contributed by atoms with Crippen molar-refractivity contribution in [1.29, 1.82) is 0 Å². The minimum atomic E-state index is -4.45. The second-order valence-corrected chi connectivity index (χ2v) is 17.7. The van der Waals surface area contributed by atoms with E-state index < -0.39 is 57.1 Å². The van der Waals surface area contributed by atoms with Crippen LogP contribution >= 0.6 is 7.82 Å². The van der Waals surface area contributed by atoms with E-state index in [1.165, 1.54) is 44.9 Å². The van der Waals surface area contributed by atoms with Crippen molar-refractivity contribution < 1.29 is 62.1 Å². The maximum atomic E-state index is 12.8. The monoisotopic (exact) mass is 821 g/mol. The van der Waals surface area contributed by atoms with Gasteiger partial charge in [-0.1, -0.05) is 122 Å². The number of carbonyl (C=O) groups is 2. The zero-order valence-electron chi connectivity index (χ0n) is 35.4. The largest absolute Gasteiger partial charge is 0.472 e. The van der Waals surface area contributed by atoms with Gasteiger partial charge in [-0.15, -0.1) is 0 Å². The second kappa shape index (κ2) is 31.3. The number of aliphatic hydroxyl groups excluding tert-OH is 3. The molecule has 328 valence electrons. The molecule has 4 N–H and O–H groups in total. The first-order valence-corrected chi connectivity index (χ1v) is 23.0. The summed E-state index contributed by atoms with van der Waals surface area (Å²) in [6.07, 6.45) is 21.3. The van der Waals surface area contributed by atoms with E-state index >= 15 is 0 Å². The summed E-state index contributed by atoms with van der Waals surface area (Å²) in [5, 5.41) is 31.0. The number of esters is 2. The lowest BCUT2D eigenvalue weighted by Gasteiger charge is -2.36. The van der Waals surface area contributed by atoms with Crippen LogP contribution in [0.1, 0.15) is 149 Å². The number of rotatable bonds is 34. The summed E-state index contributed by atoms with van der Waals surface area (Å²) in [6, 6.07) is 0. The van der Waals surface area contributed by atoms with Crippen molar-refractivity contribution in [2.75, 3.05) is 47.5 Å². The van der Waals surface area contributed by atoms with Gasteiger partial charge in [0.1, 0.15) is 19.8 Å². The Labute approximate surface area is 338 Å². The van der Waals surface area contributed by atoms with Crippen LogP contribution in [0.2, 0.25) is 0 Å². The van der Waals surface area contributed by atoms with E-state index in [1.54, 1.807) is 12.2 Å². The molecule has 1 fully saturated rings. The van der Waals surface area contributed by atoms with Gasteiger partial charge in [0.2, 0.25) is 0 Å². The summed E-state index contributed by atoms with van der Waals surface area (Å²) in [5.74, 6) is -1.31. The second-order valence-electron chi connectivity index (χ2n) is 16.3. The number of likely N-dealkylation sites (N-methyl/N-ethyl adjacent to an activating group) is 1. The van der Waals surface area contributed by atoms with Crippen LogP contribution in [-0.4, -0.2) is 115 Å². The highest BCUT2D eigenvalue weighted by Crippen LogP contribution is 2.43. The molecule has 2 unspecified atom stereocenters. The number of phosphoric ester groups is 1. The highest BCUT2D eigenvalue weighted by Gasteiger charge is 2.35. The van der Waals surface area contributed by atoms with E-state index in [0.717, 1.165) is 38.5 Å². The number of carbonyl (C=O) groups excluding carboxylic acids is 2. The molecule has 56 heavy (non-hydrogen) atoms. The van der Waals surface area contributed by atoms with Gasteiger partial charge in [-0.25, -0.2) is 4.57 Å². The predicted molar refractivity (Wildman–Crippen MR) is 218 cm³/mol. The maximum absolute atomic E-state index is 12.8. The Kier molecular flexibility index (Phi) is 29.2. The van der Waals surface area contributed by atoms with Crippen molar-refractivity contribution in [1.82, 2.24) is 0 Å². The van der Waals surface area contributed by atoms with Crippen LogP contribution < -0.4 is 0 Å². The number of quaternary nitrogens is 1. The van der Waals surface area contributed by atoms with Crippen LogP contribution in [-0.2, 0) is 37.4 Å². The first-order valence-electron chi connectivity index (χ1n) is 21.5. The van der Waals surface area contributed by atoms with E-state index in [0.29, 0.717) is 43.1 Å². The fourth-order valence-corrected chi connectivity index (χ4v) is 7.03. The van der Waals surface area contributed by atoms with Crippen LogP contribution in [0.15, 0.2) is 24.3 Å². The van der Waals surface area contributed by atoms with Crippen molar-refractivity contribution in [3.05, 3.63) is 24.3 Å². The molecule has 1 heterocycles. The number of hydrogen-bond acceptors (Lipinski definition) is 11. The number of ether oxygens (including phenoxy) is 3. The van der Waals surface area contributed by atoms with Gasteiger partial charge >= 0.3 is 19.8 Å². The molecule has 0 aliphatic carbocycles. The van der Waals surface area contributed by atoms with Crippen LogP contribution in [0.4, 0.5) is 0 Å². The minimum absolute atomic E-state index is 0.0164. The van der Waals surface area contributed by atoms with E-state index in [4.69, 9.17) is 23.3 Å². The van der Waals surface area contributed by atoms with Gasteiger partial charge in [0.15, 0.2) is 12.4 Å². The van der Waals surface area contributed by atoms with Gasteiger partial charge in [-0.2, -0.15) is 0 Å². The summed E-state index contributed by atoms with van der Waals surface area (Å²) in [4.78, 5) is 35.5. The Bertz CT molecular complexity index is 1130. The summed E-state index contributed by atoms with van der Waals surface area (Å²) in [7, 11) is 1.31. The number of unbranched alkanes of at least 4 members (excludes halogenated alkanes) is 13. The summed E-state index contributed by atoms with van der Waals surface area (Å²) < 4.78 is 39.8. The van der Waals surface area contributed by atoms with E-state index in [1.807, 2.05) is 33.3 Å². The molecule has 14 heteroatoms. The van der Waals surface area contributed by atoms with Gasteiger partial charge in [0.05, 0.1) is 46.1 Å². The molecule has 0 saturated carbocycles.